The number of aryl methyl sites for hydroxylation is 1. The first-order valence-corrected chi connectivity index (χ1v) is 14.4. The molecule has 42 heavy (non-hydrogen) atoms. The number of furan rings is 1. The Kier molecular flexibility index (Phi) is 9.20. The Morgan fingerprint density at radius 3 is 2.64 bits per heavy atom. The van der Waals surface area contributed by atoms with Gasteiger partial charge in [-0.2, -0.15) is 5.10 Å². The highest BCUT2D eigenvalue weighted by Crippen LogP contribution is 2.36. The van der Waals surface area contributed by atoms with Crippen molar-refractivity contribution in [3.8, 4) is 11.5 Å². The molecular weight excluding hydrogens is 620 g/mol. The maximum Gasteiger partial charge on any atom is 0.267 e. The molecule has 0 aliphatic carbocycles. The first-order valence-electron chi connectivity index (χ1n) is 12.8. The topological polar surface area (TPSA) is 117 Å². The van der Waals surface area contributed by atoms with Crippen LogP contribution in [0.1, 0.15) is 22.5 Å². The summed E-state index contributed by atoms with van der Waals surface area (Å²) in [7, 11) is 0. The fourth-order valence-corrected chi connectivity index (χ4v) is 5.17. The van der Waals surface area contributed by atoms with Crippen LogP contribution in [0.3, 0.4) is 0 Å². The van der Waals surface area contributed by atoms with E-state index in [0.717, 1.165) is 27.4 Å². The molecule has 2 heterocycles. The summed E-state index contributed by atoms with van der Waals surface area (Å²) in [6.45, 7) is 1.93. The standard InChI is InChI=1S/C31H25BrN4O5S/c1-20-4-9-24(10-5-20)34-29(38)19-41-27-13-8-23(32)15-22(27)16-28-30(39)36(18-26-3-2-14-40-26)31(42-28)35-33-17-21-6-11-25(37)12-7-21/h2-17,37H,18-19H2,1H3,(H,34,38)/b28-16-,33-17-,35-31+. The van der Waals surface area contributed by atoms with Crippen LogP contribution < -0.4 is 10.1 Å². The Hall–Kier alpha value is -4.61. The van der Waals surface area contributed by atoms with Gasteiger partial charge >= 0.3 is 0 Å². The lowest BCUT2D eigenvalue weighted by Gasteiger charge is -2.13. The van der Waals surface area contributed by atoms with Gasteiger partial charge < -0.3 is 19.6 Å². The third-order valence-electron chi connectivity index (χ3n) is 5.98. The Morgan fingerprint density at radius 1 is 1.12 bits per heavy atom. The molecule has 0 radical (unpaired) electrons. The fourth-order valence-electron chi connectivity index (χ4n) is 3.87. The van der Waals surface area contributed by atoms with E-state index >= 15 is 0 Å². The molecule has 11 heteroatoms. The number of hydrogen-bond acceptors (Lipinski definition) is 8. The minimum atomic E-state index is -0.308. The van der Waals surface area contributed by atoms with Crippen LogP contribution in [0.4, 0.5) is 5.69 Å². The van der Waals surface area contributed by atoms with Crippen LogP contribution in [0.15, 0.2) is 109 Å². The van der Waals surface area contributed by atoms with E-state index in [1.807, 2.05) is 37.3 Å². The van der Waals surface area contributed by atoms with Crippen LogP contribution in [0.2, 0.25) is 0 Å². The number of hydrogen-bond donors (Lipinski definition) is 2. The highest BCUT2D eigenvalue weighted by atomic mass is 79.9. The maximum atomic E-state index is 13.5. The SMILES string of the molecule is Cc1ccc(NC(=O)COc2ccc(Br)cc2/C=C2\S/C(=N/N=C\c3ccc(O)cc3)N(Cc3ccco3)C2=O)cc1. The predicted molar refractivity (Wildman–Crippen MR) is 167 cm³/mol. The molecular formula is C31H25BrN4O5S. The lowest BCUT2D eigenvalue weighted by Crippen LogP contribution is -2.28. The van der Waals surface area contributed by atoms with Gasteiger partial charge in [0.25, 0.3) is 11.8 Å². The first-order chi connectivity index (χ1) is 20.3. The summed E-state index contributed by atoms with van der Waals surface area (Å²) < 4.78 is 12.1. The molecule has 2 amide bonds. The number of carbonyl (C=O) groups is 2. The van der Waals surface area contributed by atoms with E-state index in [4.69, 9.17) is 9.15 Å². The van der Waals surface area contributed by atoms with Gasteiger partial charge in [-0.3, -0.25) is 14.5 Å². The number of nitrogens with one attached hydrogen (secondary N) is 1. The lowest BCUT2D eigenvalue weighted by atomic mass is 10.2. The third-order valence-corrected chi connectivity index (χ3v) is 7.47. The van der Waals surface area contributed by atoms with E-state index in [0.29, 0.717) is 32.8 Å². The van der Waals surface area contributed by atoms with Crippen molar-refractivity contribution in [2.45, 2.75) is 13.5 Å². The number of amidine groups is 1. The Bertz CT molecular complexity index is 1670. The van der Waals surface area contributed by atoms with E-state index in [-0.39, 0.29) is 30.7 Å². The Morgan fingerprint density at radius 2 is 1.90 bits per heavy atom. The summed E-state index contributed by atoms with van der Waals surface area (Å²) in [5.74, 6) is 0.589. The minimum absolute atomic E-state index is 0.151. The van der Waals surface area contributed by atoms with Crippen LogP contribution in [0.25, 0.3) is 6.08 Å². The number of carbonyl (C=O) groups excluding carboxylic acids is 2. The number of anilines is 1. The summed E-state index contributed by atoms with van der Waals surface area (Å²) in [4.78, 5) is 27.9. The predicted octanol–water partition coefficient (Wildman–Crippen LogP) is 6.58. The molecule has 0 bridgehead atoms. The van der Waals surface area contributed by atoms with Crippen LogP contribution >= 0.6 is 27.7 Å². The van der Waals surface area contributed by atoms with Crippen LogP contribution in [0, 0.1) is 6.92 Å². The largest absolute Gasteiger partial charge is 0.508 e. The van der Waals surface area contributed by atoms with Gasteiger partial charge in [0.1, 0.15) is 17.3 Å². The quantitative estimate of drug-likeness (QED) is 0.121. The van der Waals surface area contributed by atoms with Crippen molar-refractivity contribution < 1.29 is 23.8 Å². The summed E-state index contributed by atoms with van der Waals surface area (Å²) >= 11 is 4.64. The van der Waals surface area contributed by atoms with Crippen molar-refractivity contribution in [2.24, 2.45) is 10.2 Å². The van der Waals surface area contributed by atoms with Gasteiger partial charge in [0.05, 0.1) is 23.9 Å². The van der Waals surface area contributed by atoms with Crippen molar-refractivity contribution >= 4 is 62.7 Å². The fraction of sp³-hybridized carbons (Fsp3) is 0.0968. The number of amides is 2. The first kappa shape index (κ1) is 28.9. The average molecular weight is 646 g/mol. The van der Waals surface area contributed by atoms with Crippen molar-refractivity contribution in [1.29, 1.82) is 0 Å². The molecule has 3 aromatic carbocycles. The van der Waals surface area contributed by atoms with E-state index in [9.17, 15) is 14.7 Å². The molecule has 4 aromatic rings. The number of rotatable bonds is 9. The highest BCUT2D eigenvalue weighted by Gasteiger charge is 2.34. The Labute approximate surface area is 254 Å². The van der Waals surface area contributed by atoms with Crippen LogP contribution in [-0.4, -0.2) is 39.8 Å². The number of nitrogens with zero attached hydrogens (tertiary/aromatic N) is 3. The molecule has 1 aromatic heterocycles. The van der Waals surface area contributed by atoms with Crippen LogP contribution in [-0.2, 0) is 16.1 Å². The molecule has 5 rings (SSSR count). The minimum Gasteiger partial charge on any atom is -0.508 e. The van der Waals surface area contributed by atoms with Gasteiger partial charge in [-0.1, -0.05) is 33.6 Å². The number of phenols is 1. The molecule has 2 N–H and O–H groups in total. The van der Waals surface area contributed by atoms with Crippen molar-refractivity contribution in [1.82, 2.24) is 4.90 Å². The molecule has 9 nitrogen and oxygen atoms in total. The van der Waals surface area contributed by atoms with Gasteiger partial charge in [0.2, 0.25) is 0 Å². The molecule has 1 aliphatic rings. The molecule has 0 unspecified atom stereocenters. The average Bonchev–Trinajstić information content (AvgIpc) is 3.59. The van der Waals surface area contributed by atoms with E-state index in [2.05, 4.69) is 31.4 Å². The number of halogens is 1. The van der Waals surface area contributed by atoms with Crippen molar-refractivity contribution in [3.63, 3.8) is 0 Å². The zero-order valence-electron chi connectivity index (χ0n) is 22.4. The van der Waals surface area contributed by atoms with Crippen molar-refractivity contribution in [3.05, 3.63) is 117 Å². The molecule has 1 aliphatic heterocycles. The molecule has 212 valence electrons. The zero-order valence-corrected chi connectivity index (χ0v) is 24.8. The zero-order chi connectivity index (χ0) is 29.5. The molecule has 1 saturated heterocycles. The molecule has 0 spiro atoms. The van der Waals surface area contributed by atoms with Gasteiger partial charge in [0.15, 0.2) is 11.8 Å². The maximum absolute atomic E-state index is 13.5. The number of benzene rings is 3. The molecule has 0 atom stereocenters. The van der Waals surface area contributed by atoms with Gasteiger partial charge in [-0.25, -0.2) is 0 Å². The second-order valence-corrected chi connectivity index (χ2v) is 11.1. The smallest absolute Gasteiger partial charge is 0.267 e. The van der Waals surface area contributed by atoms with E-state index in [1.165, 1.54) is 11.1 Å². The molecule has 0 saturated carbocycles. The summed E-state index contributed by atoms with van der Waals surface area (Å²) in [5.41, 5.74) is 3.12. The van der Waals surface area contributed by atoms with Crippen molar-refractivity contribution in [2.75, 3.05) is 11.9 Å². The van der Waals surface area contributed by atoms with E-state index < -0.39 is 0 Å². The highest BCUT2D eigenvalue weighted by molar-refractivity contribution is 9.10. The normalized spacial score (nSPS) is 15.2. The number of phenolic OH excluding ortho intramolecular Hbond substituents is 1. The monoisotopic (exact) mass is 644 g/mol. The molecule has 1 fully saturated rings. The number of aromatic hydroxyl groups is 1. The van der Waals surface area contributed by atoms with Crippen LogP contribution in [0.5, 0.6) is 11.5 Å². The second-order valence-electron chi connectivity index (χ2n) is 9.19. The third kappa shape index (κ3) is 7.56. The van der Waals surface area contributed by atoms with E-state index in [1.54, 1.807) is 60.9 Å². The summed E-state index contributed by atoms with van der Waals surface area (Å²) in [5, 5.41) is 21.1. The number of thioether (sulfide) groups is 1. The Balaban J connectivity index is 1.36. The number of ether oxygens (including phenoxy) is 1. The van der Waals surface area contributed by atoms with Gasteiger partial charge in [-0.05, 0) is 97.1 Å². The lowest BCUT2D eigenvalue weighted by molar-refractivity contribution is -0.122. The second kappa shape index (κ2) is 13.4. The summed E-state index contributed by atoms with van der Waals surface area (Å²) in [6.07, 6.45) is 4.78. The van der Waals surface area contributed by atoms with Gasteiger partial charge in [-0.15, -0.1) is 5.10 Å². The summed E-state index contributed by atoms with van der Waals surface area (Å²) in [6, 6.07) is 22.9. The van der Waals surface area contributed by atoms with Gasteiger partial charge in [0, 0.05) is 15.7 Å².